The zero-order valence-electron chi connectivity index (χ0n) is 11.2. The molecule has 1 aromatic heterocycles. The first-order chi connectivity index (χ1) is 10.2. The predicted octanol–water partition coefficient (Wildman–Crippen LogP) is 5.32. The second kappa shape index (κ2) is 6.48. The van der Waals surface area contributed by atoms with Crippen molar-refractivity contribution in [3.05, 3.63) is 44.1 Å². The molecule has 0 unspecified atom stereocenters. The van der Waals surface area contributed by atoms with Gasteiger partial charge in [-0.3, -0.25) is 4.79 Å². The second-order valence-electron chi connectivity index (χ2n) is 4.53. The average molecular weight is 368 g/mol. The lowest BCUT2D eigenvalue weighted by Gasteiger charge is -2.09. The molecule has 0 fully saturated rings. The number of thiophene rings is 1. The normalized spacial score (nSPS) is 11.5. The number of aryl methyl sites for hydroxylation is 1. The molecule has 0 aliphatic heterocycles. The first-order valence-corrected chi connectivity index (χ1v) is 7.65. The number of rotatable bonds is 3. The van der Waals surface area contributed by atoms with E-state index in [0.717, 1.165) is 16.2 Å². The van der Waals surface area contributed by atoms with E-state index < -0.39 is 18.6 Å². The molecule has 0 atom stereocenters. The maximum atomic E-state index is 12.2. The highest BCUT2D eigenvalue weighted by Gasteiger charge is 2.29. The van der Waals surface area contributed by atoms with Crippen molar-refractivity contribution < 1.29 is 18.0 Å². The number of amides is 1. The van der Waals surface area contributed by atoms with Crippen molar-refractivity contribution in [3.8, 4) is 11.1 Å². The third-order valence-electron chi connectivity index (χ3n) is 2.74. The van der Waals surface area contributed by atoms with Gasteiger partial charge in [0.2, 0.25) is 0 Å². The fourth-order valence-electron chi connectivity index (χ4n) is 1.82. The molecular formula is C14H10Cl2F3NOS. The van der Waals surface area contributed by atoms with Crippen LogP contribution in [-0.2, 0) is 0 Å². The van der Waals surface area contributed by atoms with E-state index in [1.807, 2.05) is 5.32 Å². The Kier molecular flexibility index (Phi) is 5.04. The lowest BCUT2D eigenvalue weighted by atomic mass is 10.1. The first-order valence-electron chi connectivity index (χ1n) is 6.08. The number of benzene rings is 1. The fraction of sp³-hybridized carbons (Fsp3) is 0.214. The summed E-state index contributed by atoms with van der Waals surface area (Å²) in [6.45, 7) is 0.399. The van der Waals surface area contributed by atoms with E-state index in [1.165, 1.54) is 0 Å². The molecule has 0 radical (unpaired) electrons. The Morgan fingerprint density at radius 2 is 1.91 bits per heavy atom. The second-order valence-corrected chi connectivity index (χ2v) is 6.60. The molecule has 0 bridgehead atoms. The molecule has 0 saturated carbocycles. The maximum absolute atomic E-state index is 12.2. The fourth-order valence-corrected chi connectivity index (χ4v) is 3.07. The van der Waals surface area contributed by atoms with Crippen LogP contribution in [0.1, 0.15) is 14.5 Å². The van der Waals surface area contributed by atoms with Gasteiger partial charge in [0.1, 0.15) is 6.54 Å². The van der Waals surface area contributed by atoms with Crippen molar-refractivity contribution in [2.24, 2.45) is 0 Å². The minimum Gasteiger partial charge on any atom is -0.342 e. The van der Waals surface area contributed by atoms with Crippen molar-refractivity contribution in [1.29, 1.82) is 0 Å². The first kappa shape index (κ1) is 17.1. The summed E-state index contributed by atoms with van der Waals surface area (Å²) in [5.41, 5.74) is 1.15. The highest BCUT2D eigenvalue weighted by molar-refractivity contribution is 7.14. The standard InChI is InChI=1S/C14H10Cl2F3NOS/c1-7-4-9(8-2-3-10(15)11(16)5-8)12(22-7)13(21)20-6-14(17,18)19/h2-5H,6H2,1H3,(H,20,21). The monoisotopic (exact) mass is 367 g/mol. The summed E-state index contributed by atoms with van der Waals surface area (Å²) in [5, 5.41) is 2.55. The van der Waals surface area contributed by atoms with Crippen LogP contribution in [0.3, 0.4) is 0 Å². The Morgan fingerprint density at radius 3 is 2.50 bits per heavy atom. The van der Waals surface area contributed by atoms with Crippen LogP contribution in [0.5, 0.6) is 0 Å². The summed E-state index contributed by atoms with van der Waals surface area (Å²) < 4.78 is 36.6. The third-order valence-corrected chi connectivity index (χ3v) is 4.53. The van der Waals surface area contributed by atoms with Gasteiger partial charge in [0.05, 0.1) is 14.9 Å². The number of nitrogens with one attached hydrogen (secondary N) is 1. The molecule has 1 aromatic carbocycles. The van der Waals surface area contributed by atoms with E-state index in [0.29, 0.717) is 21.2 Å². The number of hydrogen-bond acceptors (Lipinski definition) is 2. The van der Waals surface area contributed by atoms with Crippen molar-refractivity contribution in [3.63, 3.8) is 0 Å². The largest absolute Gasteiger partial charge is 0.405 e. The molecule has 1 amide bonds. The van der Waals surface area contributed by atoms with E-state index >= 15 is 0 Å². The van der Waals surface area contributed by atoms with Crippen LogP contribution in [0.15, 0.2) is 24.3 Å². The molecule has 22 heavy (non-hydrogen) atoms. The van der Waals surface area contributed by atoms with Gasteiger partial charge in [-0.2, -0.15) is 13.2 Å². The van der Waals surface area contributed by atoms with E-state index in [9.17, 15) is 18.0 Å². The zero-order chi connectivity index (χ0) is 16.5. The smallest absolute Gasteiger partial charge is 0.342 e. The quantitative estimate of drug-likeness (QED) is 0.780. The van der Waals surface area contributed by atoms with Gasteiger partial charge < -0.3 is 5.32 Å². The summed E-state index contributed by atoms with van der Waals surface area (Å²) in [7, 11) is 0. The van der Waals surface area contributed by atoms with Gasteiger partial charge in [-0.1, -0.05) is 29.3 Å². The zero-order valence-corrected chi connectivity index (χ0v) is 13.6. The summed E-state index contributed by atoms with van der Waals surface area (Å²) >= 11 is 12.9. The van der Waals surface area contributed by atoms with Crippen LogP contribution in [0.25, 0.3) is 11.1 Å². The van der Waals surface area contributed by atoms with Gasteiger partial charge in [0.25, 0.3) is 5.91 Å². The molecule has 1 N–H and O–H groups in total. The van der Waals surface area contributed by atoms with Gasteiger partial charge >= 0.3 is 6.18 Å². The van der Waals surface area contributed by atoms with Crippen molar-refractivity contribution in [2.75, 3.05) is 6.54 Å². The number of alkyl halides is 3. The van der Waals surface area contributed by atoms with E-state index in [4.69, 9.17) is 23.2 Å². The van der Waals surface area contributed by atoms with E-state index in [-0.39, 0.29) is 4.88 Å². The number of halogens is 5. The Hall–Kier alpha value is -1.24. The van der Waals surface area contributed by atoms with Crippen LogP contribution in [0.2, 0.25) is 10.0 Å². The Labute approximate surface area is 138 Å². The molecule has 0 spiro atoms. The van der Waals surface area contributed by atoms with Crippen molar-refractivity contribution in [2.45, 2.75) is 13.1 Å². The molecule has 0 aliphatic rings. The van der Waals surface area contributed by atoms with E-state index in [1.54, 1.807) is 31.2 Å². The van der Waals surface area contributed by atoms with Crippen LogP contribution in [-0.4, -0.2) is 18.6 Å². The molecule has 2 rings (SSSR count). The van der Waals surface area contributed by atoms with Crippen LogP contribution >= 0.6 is 34.5 Å². The molecule has 118 valence electrons. The molecule has 2 aromatic rings. The van der Waals surface area contributed by atoms with Crippen molar-refractivity contribution in [1.82, 2.24) is 5.32 Å². The Bertz CT molecular complexity index is 713. The lowest BCUT2D eigenvalue weighted by molar-refractivity contribution is -0.123. The van der Waals surface area contributed by atoms with E-state index in [2.05, 4.69) is 0 Å². The Morgan fingerprint density at radius 1 is 1.23 bits per heavy atom. The summed E-state index contributed by atoms with van der Waals surface area (Å²) in [4.78, 5) is 13.0. The molecule has 1 heterocycles. The van der Waals surface area contributed by atoms with Gasteiger partial charge in [0.15, 0.2) is 0 Å². The lowest BCUT2D eigenvalue weighted by Crippen LogP contribution is -2.33. The molecule has 2 nitrogen and oxygen atoms in total. The summed E-state index contributed by atoms with van der Waals surface area (Å²) in [5.74, 6) is -0.767. The number of hydrogen-bond donors (Lipinski definition) is 1. The molecular weight excluding hydrogens is 358 g/mol. The van der Waals surface area contributed by atoms with Gasteiger partial charge in [-0.15, -0.1) is 11.3 Å². The highest BCUT2D eigenvalue weighted by Crippen LogP contribution is 2.34. The number of carbonyl (C=O) groups excluding carboxylic acids is 1. The van der Waals surface area contributed by atoms with Gasteiger partial charge in [0, 0.05) is 10.4 Å². The van der Waals surface area contributed by atoms with Crippen LogP contribution in [0.4, 0.5) is 13.2 Å². The predicted molar refractivity (Wildman–Crippen MR) is 82.9 cm³/mol. The molecule has 0 aliphatic carbocycles. The van der Waals surface area contributed by atoms with Crippen molar-refractivity contribution >= 4 is 40.4 Å². The topological polar surface area (TPSA) is 29.1 Å². The average Bonchev–Trinajstić information content (AvgIpc) is 2.80. The maximum Gasteiger partial charge on any atom is 0.405 e. The third kappa shape index (κ3) is 4.15. The molecule has 0 saturated heterocycles. The minimum atomic E-state index is -4.45. The van der Waals surface area contributed by atoms with Crippen LogP contribution in [0, 0.1) is 6.92 Å². The highest BCUT2D eigenvalue weighted by atomic mass is 35.5. The Balaban J connectivity index is 2.34. The van der Waals surface area contributed by atoms with Crippen LogP contribution < -0.4 is 5.32 Å². The molecule has 8 heteroatoms. The SMILES string of the molecule is Cc1cc(-c2ccc(Cl)c(Cl)c2)c(C(=O)NCC(F)(F)F)s1. The van der Waals surface area contributed by atoms with Gasteiger partial charge in [-0.25, -0.2) is 0 Å². The summed E-state index contributed by atoms with van der Waals surface area (Å²) in [6.07, 6.45) is -4.45. The summed E-state index contributed by atoms with van der Waals surface area (Å²) in [6, 6.07) is 6.54. The minimum absolute atomic E-state index is 0.208. The van der Waals surface area contributed by atoms with Gasteiger partial charge in [-0.05, 0) is 30.7 Å². The number of carbonyl (C=O) groups is 1.